The first-order chi connectivity index (χ1) is 10.6. The highest BCUT2D eigenvalue weighted by molar-refractivity contribution is 5.46. The van der Waals surface area contributed by atoms with Crippen molar-refractivity contribution in [3.63, 3.8) is 0 Å². The minimum absolute atomic E-state index is 0.226. The number of nitrogens with one attached hydrogen (secondary N) is 1. The SMILES string of the molecule is [C-]#[N+]CC1(C(C)C)CCC(NCc2cccc([N+]#[C-])c2)CC1. The molecule has 1 aromatic rings. The van der Waals surface area contributed by atoms with Gasteiger partial charge >= 0.3 is 0 Å². The van der Waals surface area contributed by atoms with Crippen molar-refractivity contribution in [3.8, 4) is 0 Å². The summed E-state index contributed by atoms with van der Waals surface area (Å²) >= 11 is 0. The topological polar surface area (TPSA) is 20.8 Å². The second-order valence-electron chi connectivity index (χ2n) is 6.77. The minimum atomic E-state index is 0.226. The Morgan fingerprint density at radius 2 is 2.00 bits per heavy atom. The lowest BCUT2D eigenvalue weighted by Gasteiger charge is -2.40. The average Bonchev–Trinajstić information content (AvgIpc) is 2.54. The van der Waals surface area contributed by atoms with Gasteiger partial charge < -0.3 is 10.2 Å². The summed E-state index contributed by atoms with van der Waals surface area (Å²) in [7, 11) is 0. The van der Waals surface area contributed by atoms with Crippen molar-refractivity contribution in [2.24, 2.45) is 11.3 Å². The molecule has 0 amide bonds. The van der Waals surface area contributed by atoms with Gasteiger partial charge in [0.15, 0.2) is 5.69 Å². The zero-order chi connectivity index (χ0) is 16.0. The van der Waals surface area contributed by atoms with Crippen LogP contribution in [-0.2, 0) is 6.54 Å². The van der Waals surface area contributed by atoms with Gasteiger partial charge in [-0.1, -0.05) is 38.1 Å². The van der Waals surface area contributed by atoms with Crippen LogP contribution in [-0.4, -0.2) is 12.6 Å². The van der Waals surface area contributed by atoms with E-state index in [1.54, 1.807) is 0 Å². The predicted octanol–water partition coefficient (Wildman–Crippen LogP) is 4.83. The maximum Gasteiger partial charge on any atom is 0.220 e. The van der Waals surface area contributed by atoms with Crippen molar-refractivity contribution in [3.05, 3.63) is 52.7 Å². The quantitative estimate of drug-likeness (QED) is 0.772. The lowest BCUT2D eigenvalue weighted by molar-refractivity contribution is 0.119. The summed E-state index contributed by atoms with van der Waals surface area (Å²) in [5, 5.41) is 3.63. The molecule has 3 heteroatoms. The highest BCUT2D eigenvalue weighted by atomic mass is 14.9. The molecule has 0 atom stereocenters. The monoisotopic (exact) mass is 295 g/mol. The number of hydrogen-bond acceptors (Lipinski definition) is 1. The summed E-state index contributed by atoms with van der Waals surface area (Å²) in [6, 6.07) is 8.36. The average molecular weight is 295 g/mol. The van der Waals surface area contributed by atoms with Gasteiger partial charge in [0.2, 0.25) is 6.54 Å². The molecule has 0 spiro atoms. The second kappa shape index (κ2) is 7.43. The summed E-state index contributed by atoms with van der Waals surface area (Å²) in [6.45, 7) is 20.3. The van der Waals surface area contributed by atoms with Crippen LogP contribution in [0.4, 0.5) is 5.69 Å². The van der Waals surface area contributed by atoms with E-state index in [9.17, 15) is 0 Å². The molecule has 3 nitrogen and oxygen atoms in total. The first kappa shape index (κ1) is 16.5. The van der Waals surface area contributed by atoms with Gasteiger partial charge in [-0.3, -0.25) is 0 Å². The van der Waals surface area contributed by atoms with Gasteiger partial charge in [-0.05, 0) is 37.2 Å². The summed E-state index contributed by atoms with van der Waals surface area (Å²) in [4.78, 5) is 7.17. The van der Waals surface area contributed by atoms with E-state index in [1.807, 2.05) is 18.2 Å². The predicted molar refractivity (Wildman–Crippen MR) is 90.5 cm³/mol. The van der Waals surface area contributed by atoms with Crippen LogP contribution in [0.15, 0.2) is 24.3 Å². The Labute approximate surface area is 134 Å². The molecule has 0 aliphatic heterocycles. The molecule has 1 aromatic carbocycles. The van der Waals surface area contributed by atoms with Gasteiger partial charge in [-0.15, -0.1) is 0 Å². The number of hydrogen-bond donors (Lipinski definition) is 1. The first-order valence-corrected chi connectivity index (χ1v) is 8.12. The molecule has 22 heavy (non-hydrogen) atoms. The van der Waals surface area contributed by atoms with Crippen LogP contribution in [0, 0.1) is 24.5 Å². The van der Waals surface area contributed by atoms with Crippen LogP contribution in [0.1, 0.15) is 45.1 Å². The Morgan fingerprint density at radius 1 is 1.27 bits per heavy atom. The van der Waals surface area contributed by atoms with E-state index in [4.69, 9.17) is 13.1 Å². The molecule has 1 fully saturated rings. The lowest BCUT2D eigenvalue weighted by Crippen LogP contribution is -2.41. The van der Waals surface area contributed by atoms with Gasteiger partial charge in [-0.2, -0.15) is 0 Å². The van der Waals surface area contributed by atoms with E-state index in [0.717, 1.165) is 32.2 Å². The van der Waals surface area contributed by atoms with E-state index in [0.29, 0.717) is 24.2 Å². The van der Waals surface area contributed by atoms with Gasteiger partial charge in [-0.25, -0.2) is 11.4 Å². The third-order valence-electron chi connectivity index (χ3n) is 5.23. The van der Waals surface area contributed by atoms with Crippen LogP contribution in [0.5, 0.6) is 0 Å². The van der Waals surface area contributed by atoms with E-state index < -0.39 is 0 Å². The van der Waals surface area contributed by atoms with Crippen LogP contribution in [0.3, 0.4) is 0 Å². The van der Waals surface area contributed by atoms with Gasteiger partial charge in [0.1, 0.15) is 0 Å². The van der Waals surface area contributed by atoms with Gasteiger partial charge in [0.05, 0.1) is 6.57 Å². The summed E-state index contributed by atoms with van der Waals surface area (Å²) in [5.41, 5.74) is 2.11. The Morgan fingerprint density at radius 3 is 2.59 bits per heavy atom. The van der Waals surface area contributed by atoms with Crippen molar-refractivity contribution < 1.29 is 0 Å². The third-order valence-corrected chi connectivity index (χ3v) is 5.23. The molecule has 116 valence electrons. The van der Waals surface area contributed by atoms with Gasteiger partial charge in [0.25, 0.3) is 0 Å². The van der Waals surface area contributed by atoms with Crippen molar-refractivity contribution in [1.82, 2.24) is 5.32 Å². The molecule has 0 heterocycles. The maximum absolute atomic E-state index is 7.22. The summed E-state index contributed by atoms with van der Waals surface area (Å²) in [5.74, 6) is 0.581. The number of rotatable bonds is 5. The third kappa shape index (κ3) is 3.87. The summed E-state index contributed by atoms with van der Waals surface area (Å²) in [6.07, 6.45) is 4.59. The Balaban J connectivity index is 1.87. The molecule has 0 radical (unpaired) electrons. The Hall–Kier alpha value is -1.84. The highest BCUT2D eigenvalue weighted by Crippen LogP contribution is 2.42. The summed E-state index contributed by atoms with van der Waals surface area (Å²) < 4.78 is 0. The van der Waals surface area contributed by atoms with Crippen molar-refractivity contribution >= 4 is 5.69 Å². The normalized spacial score (nSPS) is 24.7. The molecule has 0 unspecified atom stereocenters. The van der Waals surface area contributed by atoms with E-state index in [-0.39, 0.29) is 5.41 Å². The molecule has 1 aliphatic rings. The van der Waals surface area contributed by atoms with Crippen LogP contribution >= 0.6 is 0 Å². The number of benzene rings is 1. The van der Waals surface area contributed by atoms with Crippen molar-refractivity contribution in [1.29, 1.82) is 0 Å². The zero-order valence-electron chi connectivity index (χ0n) is 13.6. The molecule has 2 rings (SSSR count). The van der Waals surface area contributed by atoms with Crippen molar-refractivity contribution in [2.75, 3.05) is 6.54 Å². The smallest absolute Gasteiger partial charge is 0.220 e. The van der Waals surface area contributed by atoms with Crippen LogP contribution < -0.4 is 5.32 Å². The van der Waals surface area contributed by atoms with E-state index >= 15 is 0 Å². The first-order valence-electron chi connectivity index (χ1n) is 8.12. The van der Waals surface area contributed by atoms with Crippen molar-refractivity contribution in [2.45, 2.75) is 52.1 Å². The van der Waals surface area contributed by atoms with E-state index in [2.05, 4.69) is 34.9 Å². The molecule has 1 N–H and O–H groups in total. The Bertz CT molecular complexity index is 569. The molecule has 0 bridgehead atoms. The molecule has 0 aromatic heterocycles. The maximum atomic E-state index is 7.22. The molecule has 0 saturated heterocycles. The molecular formula is C19H25N3. The molecule has 1 aliphatic carbocycles. The largest absolute Gasteiger partial charge is 0.316 e. The second-order valence-corrected chi connectivity index (χ2v) is 6.77. The highest BCUT2D eigenvalue weighted by Gasteiger charge is 2.40. The van der Waals surface area contributed by atoms with Gasteiger partial charge in [0, 0.05) is 18.0 Å². The molecular weight excluding hydrogens is 270 g/mol. The van der Waals surface area contributed by atoms with E-state index in [1.165, 1.54) is 5.56 Å². The fraction of sp³-hybridized carbons (Fsp3) is 0.579. The standard InChI is InChI=1S/C19H25N3/c1-15(2)19(14-20-3)10-8-17(9-11-19)22-13-16-6-5-7-18(12-16)21-4/h5-7,12,15,17,22H,8-11,13-14H2,1-2H3. The van der Waals surface area contributed by atoms with Crippen LogP contribution in [0.2, 0.25) is 0 Å². The number of nitrogens with zero attached hydrogens (tertiary/aromatic N) is 2. The fourth-order valence-corrected chi connectivity index (χ4v) is 3.47. The minimum Gasteiger partial charge on any atom is -0.316 e. The molecule has 1 saturated carbocycles. The lowest BCUT2D eigenvalue weighted by atomic mass is 9.66. The fourth-order valence-electron chi connectivity index (χ4n) is 3.47. The zero-order valence-corrected chi connectivity index (χ0v) is 13.6. The van der Waals surface area contributed by atoms with Crippen LogP contribution in [0.25, 0.3) is 9.69 Å². The Kier molecular flexibility index (Phi) is 5.58.